The van der Waals surface area contributed by atoms with Gasteiger partial charge in [-0.1, -0.05) is 56.0 Å². The Balaban J connectivity index is 2.05. The molecular weight excluding hydrogens is 334 g/mol. The van der Waals surface area contributed by atoms with Crippen LogP contribution in [-0.4, -0.2) is 13.2 Å². The van der Waals surface area contributed by atoms with E-state index in [-0.39, 0.29) is 18.1 Å². The van der Waals surface area contributed by atoms with Crippen molar-refractivity contribution in [1.82, 2.24) is 0 Å². The summed E-state index contributed by atoms with van der Waals surface area (Å²) in [5.74, 6) is 0.324. The number of fused-ring (bicyclic) bond motifs is 1. The van der Waals surface area contributed by atoms with E-state index in [1.165, 1.54) is 5.56 Å². The van der Waals surface area contributed by atoms with Crippen LogP contribution in [0.2, 0.25) is 0 Å². The van der Waals surface area contributed by atoms with Gasteiger partial charge in [0.1, 0.15) is 6.61 Å². The van der Waals surface area contributed by atoms with E-state index in [9.17, 15) is 8.78 Å². The van der Waals surface area contributed by atoms with Crippen molar-refractivity contribution in [1.29, 1.82) is 0 Å². The lowest BCUT2D eigenvalue weighted by molar-refractivity contribution is -0.0502. The summed E-state index contributed by atoms with van der Waals surface area (Å²) in [6.45, 7) is 2.98. The maximum Gasteiger partial charge on any atom is 0.387 e. The number of benzene rings is 3. The Kier molecular flexibility index (Phi) is 5.52. The molecule has 134 valence electrons. The third kappa shape index (κ3) is 3.85. The molecule has 0 aromatic heterocycles. The molecule has 0 bridgehead atoms. The Morgan fingerprint density at radius 3 is 2.38 bits per heavy atom. The Bertz CT molecular complexity index is 902. The highest BCUT2D eigenvalue weighted by Gasteiger charge is 2.15. The molecule has 0 atom stereocenters. The fraction of sp³-hybridized carbons (Fsp3) is 0.182. The van der Waals surface area contributed by atoms with E-state index in [1.807, 2.05) is 18.2 Å². The molecule has 0 unspecified atom stereocenters. The predicted octanol–water partition coefficient (Wildman–Crippen LogP) is 6.24. The summed E-state index contributed by atoms with van der Waals surface area (Å²) in [7, 11) is 0. The van der Waals surface area contributed by atoms with Gasteiger partial charge in [-0.25, -0.2) is 0 Å². The summed E-state index contributed by atoms with van der Waals surface area (Å²) >= 11 is 0. The van der Waals surface area contributed by atoms with Gasteiger partial charge in [0.2, 0.25) is 0 Å². The van der Waals surface area contributed by atoms with Crippen molar-refractivity contribution in [3.05, 3.63) is 72.8 Å². The lowest BCUT2D eigenvalue weighted by Crippen LogP contribution is -2.05. The molecule has 26 heavy (non-hydrogen) atoms. The van der Waals surface area contributed by atoms with Gasteiger partial charge >= 0.3 is 6.61 Å². The molecule has 0 aliphatic carbocycles. The molecule has 0 fully saturated rings. The Hall–Kier alpha value is -2.88. The van der Waals surface area contributed by atoms with Gasteiger partial charge in [-0.2, -0.15) is 8.78 Å². The van der Waals surface area contributed by atoms with Crippen molar-refractivity contribution >= 4 is 10.8 Å². The van der Waals surface area contributed by atoms with Crippen molar-refractivity contribution in [2.24, 2.45) is 0 Å². The van der Waals surface area contributed by atoms with Crippen LogP contribution in [0.4, 0.5) is 8.78 Å². The highest BCUT2D eigenvalue weighted by molar-refractivity contribution is 5.93. The molecule has 3 aromatic carbocycles. The van der Waals surface area contributed by atoms with Crippen LogP contribution in [0.15, 0.2) is 67.3 Å². The van der Waals surface area contributed by atoms with Gasteiger partial charge in [0.05, 0.1) is 0 Å². The molecule has 0 saturated carbocycles. The number of hydrogen-bond donors (Lipinski definition) is 0. The molecule has 3 aromatic rings. The van der Waals surface area contributed by atoms with E-state index < -0.39 is 6.61 Å². The van der Waals surface area contributed by atoms with Crippen molar-refractivity contribution in [3.63, 3.8) is 0 Å². The lowest BCUT2D eigenvalue weighted by Gasteiger charge is -2.14. The predicted molar refractivity (Wildman–Crippen MR) is 101 cm³/mol. The Labute approximate surface area is 151 Å². The molecule has 0 N–H and O–H groups in total. The SMILES string of the molecule is C=CCOc1ccc2cc(-c3ccc(CC)cc3)ccc2c1OC(F)F. The topological polar surface area (TPSA) is 18.5 Å². The van der Waals surface area contributed by atoms with Crippen LogP contribution in [-0.2, 0) is 6.42 Å². The summed E-state index contributed by atoms with van der Waals surface area (Å²) in [5.41, 5.74) is 3.36. The number of aryl methyl sites for hydroxylation is 1. The first-order valence-corrected chi connectivity index (χ1v) is 8.47. The molecule has 0 aliphatic heterocycles. The van der Waals surface area contributed by atoms with Gasteiger partial charge in [-0.3, -0.25) is 0 Å². The van der Waals surface area contributed by atoms with Gasteiger partial charge in [0.25, 0.3) is 0 Å². The smallest absolute Gasteiger partial charge is 0.387 e. The molecule has 0 aliphatic rings. The maximum absolute atomic E-state index is 12.9. The zero-order valence-electron chi connectivity index (χ0n) is 14.5. The normalized spacial score (nSPS) is 10.9. The zero-order valence-corrected chi connectivity index (χ0v) is 14.5. The van der Waals surface area contributed by atoms with E-state index in [1.54, 1.807) is 18.2 Å². The summed E-state index contributed by atoms with van der Waals surface area (Å²) in [4.78, 5) is 0. The van der Waals surface area contributed by atoms with Crippen LogP contribution in [0, 0.1) is 0 Å². The van der Waals surface area contributed by atoms with Crippen LogP contribution in [0.5, 0.6) is 11.5 Å². The van der Waals surface area contributed by atoms with Gasteiger partial charge in [0.15, 0.2) is 11.5 Å². The molecule has 0 spiro atoms. The van der Waals surface area contributed by atoms with E-state index in [2.05, 4.69) is 37.8 Å². The fourth-order valence-corrected chi connectivity index (χ4v) is 2.87. The molecule has 0 saturated heterocycles. The minimum Gasteiger partial charge on any atom is -0.486 e. The second-order valence-corrected chi connectivity index (χ2v) is 5.86. The zero-order chi connectivity index (χ0) is 18.5. The molecule has 0 radical (unpaired) electrons. The van der Waals surface area contributed by atoms with Crippen LogP contribution < -0.4 is 9.47 Å². The van der Waals surface area contributed by atoms with Crippen molar-refractivity contribution in [3.8, 4) is 22.6 Å². The van der Waals surface area contributed by atoms with Crippen LogP contribution >= 0.6 is 0 Å². The second-order valence-electron chi connectivity index (χ2n) is 5.86. The molecule has 0 heterocycles. The molecule has 2 nitrogen and oxygen atoms in total. The fourth-order valence-electron chi connectivity index (χ4n) is 2.87. The van der Waals surface area contributed by atoms with E-state index in [4.69, 9.17) is 9.47 Å². The largest absolute Gasteiger partial charge is 0.486 e. The first-order chi connectivity index (χ1) is 12.6. The first kappa shape index (κ1) is 17.9. The third-order valence-corrected chi connectivity index (χ3v) is 4.19. The van der Waals surface area contributed by atoms with Crippen molar-refractivity contribution < 1.29 is 18.3 Å². The summed E-state index contributed by atoms with van der Waals surface area (Å²) in [6.07, 6.45) is 2.54. The maximum atomic E-state index is 12.9. The van der Waals surface area contributed by atoms with Gasteiger partial charge < -0.3 is 9.47 Å². The highest BCUT2D eigenvalue weighted by atomic mass is 19.3. The number of rotatable bonds is 7. The van der Waals surface area contributed by atoms with Crippen molar-refractivity contribution in [2.75, 3.05) is 6.61 Å². The standard InChI is InChI=1S/C22H20F2O2/c1-3-13-25-20-12-10-18-14-17(16-7-5-15(4-2)6-8-16)9-11-19(18)21(20)26-22(23)24/h3,5-12,14,22H,1,4,13H2,2H3. The molecule has 0 amide bonds. The lowest BCUT2D eigenvalue weighted by atomic mass is 9.99. The van der Waals surface area contributed by atoms with Gasteiger partial charge in [-0.15, -0.1) is 0 Å². The number of ether oxygens (including phenoxy) is 2. The van der Waals surface area contributed by atoms with Crippen LogP contribution in [0.3, 0.4) is 0 Å². The summed E-state index contributed by atoms with van der Waals surface area (Å²) in [5, 5.41) is 1.39. The number of halogens is 2. The minimum absolute atomic E-state index is 0.0484. The van der Waals surface area contributed by atoms with E-state index >= 15 is 0 Å². The summed E-state index contributed by atoms with van der Waals surface area (Å²) < 4.78 is 35.9. The number of hydrogen-bond acceptors (Lipinski definition) is 2. The quantitative estimate of drug-likeness (QED) is 0.468. The van der Waals surface area contributed by atoms with Crippen LogP contribution in [0.1, 0.15) is 12.5 Å². The van der Waals surface area contributed by atoms with Gasteiger partial charge in [0, 0.05) is 5.39 Å². The third-order valence-electron chi connectivity index (χ3n) is 4.19. The highest BCUT2D eigenvalue weighted by Crippen LogP contribution is 2.38. The second kappa shape index (κ2) is 8.00. The Morgan fingerprint density at radius 1 is 1.00 bits per heavy atom. The van der Waals surface area contributed by atoms with E-state index in [0.717, 1.165) is 22.9 Å². The van der Waals surface area contributed by atoms with E-state index in [0.29, 0.717) is 5.39 Å². The average molecular weight is 354 g/mol. The first-order valence-electron chi connectivity index (χ1n) is 8.47. The van der Waals surface area contributed by atoms with Crippen LogP contribution in [0.25, 0.3) is 21.9 Å². The summed E-state index contributed by atoms with van der Waals surface area (Å²) in [6, 6.07) is 17.5. The molecule has 3 rings (SSSR count). The monoisotopic (exact) mass is 354 g/mol. The number of alkyl halides is 2. The minimum atomic E-state index is -2.92. The molecular formula is C22H20F2O2. The Morgan fingerprint density at radius 2 is 1.73 bits per heavy atom. The van der Waals surface area contributed by atoms with Gasteiger partial charge in [-0.05, 0) is 46.7 Å². The molecule has 4 heteroatoms. The van der Waals surface area contributed by atoms with Crippen molar-refractivity contribution in [2.45, 2.75) is 20.0 Å². The average Bonchev–Trinajstić information content (AvgIpc) is 2.66.